The number of hydrogen-bond acceptors (Lipinski definition) is 2. The summed E-state index contributed by atoms with van der Waals surface area (Å²) in [5.74, 6) is 1.34. The first-order valence-electron chi connectivity index (χ1n) is 6.31. The molecule has 2 fully saturated rings. The summed E-state index contributed by atoms with van der Waals surface area (Å²) in [4.78, 5) is 10.8. The van der Waals surface area contributed by atoms with Gasteiger partial charge in [0.2, 0.25) is 0 Å². The van der Waals surface area contributed by atoms with Crippen molar-refractivity contribution in [1.82, 2.24) is 0 Å². The van der Waals surface area contributed by atoms with Gasteiger partial charge >= 0.3 is 0 Å². The molecule has 1 aliphatic heterocycles. The number of carbonyl (C=O) groups excluding carboxylic acids is 1. The average molecular weight is 210 g/mol. The normalized spacial score (nSPS) is 41.3. The molecule has 0 N–H and O–H groups in total. The van der Waals surface area contributed by atoms with Crippen LogP contribution in [0.2, 0.25) is 0 Å². The molecular formula is C13H22O2. The minimum atomic E-state index is -0.121. The molecule has 15 heavy (non-hydrogen) atoms. The van der Waals surface area contributed by atoms with Crippen molar-refractivity contribution in [2.24, 2.45) is 11.8 Å². The molecule has 2 aliphatic rings. The van der Waals surface area contributed by atoms with Gasteiger partial charge in [-0.25, -0.2) is 0 Å². The number of ether oxygens (including phenoxy) is 1. The lowest BCUT2D eigenvalue weighted by Gasteiger charge is -2.43. The standard InChI is InChI=1S/C13H22O2/c1-10(2)12-5-3-4-7-13(12)8-6-11(9-14)15-13/h9-12H,3-8H2,1-2H3. The molecule has 0 aromatic heterocycles. The van der Waals surface area contributed by atoms with E-state index >= 15 is 0 Å². The smallest absolute Gasteiger partial charge is 0.148 e. The van der Waals surface area contributed by atoms with E-state index in [-0.39, 0.29) is 11.7 Å². The van der Waals surface area contributed by atoms with Gasteiger partial charge in [0.1, 0.15) is 12.4 Å². The van der Waals surface area contributed by atoms with Crippen LogP contribution in [0.5, 0.6) is 0 Å². The van der Waals surface area contributed by atoms with Crippen LogP contribution in [0.3, 0.4) is 0 Å². The van der Waals surface area contributed by atoms with E-state index in [1.807, 2.05) is 0 Å². The highest BCUT2D eigenvalue weighted by Gasteiger charge is 2.48. The van der Waals surface area contributed by atoms with E-state index in [1.54, 1.807) is 0 Å². The molecule has 1 spiro atoms. The first kappa shape index (κ1) is 11.1. The molecule has 1 aliphatic carbocycles. The van der Waals surface area contributed by atoms with E-state index in [1.165, 1.54) is 25.7 Å². The maximum absolute atomic E-state index is 10.8. The summed E-state index contributed by atoms with van der Waals surface area (Å²) >= 11 is 0. The van der Waals surface area contributed by atoms with E-state index in [4.69, 9.17) is 4.74 Å². The Morgan fingerprint density at radius 1 is 1.27 bits per heavy atom. The Balaban J connectivity index is 2.13. The van der Waals surface area contributed by atoms with Crippen molar-refractivity contribution in [1.29, 1.82) is 0 Å². The van der Waals surface area contributed by atoms with Gasteiger partial charge in [0.15, 0.2) is 0 Å². The molecule has 0 aromatic rings. The van der Waals surface area contributed by atoms with E-state index < -0.39 is 0 Å². The maximum Gasteiger partial charge on any atom is 0.148 e. The third kappa shape index (κ3) is 1.96. The van der Waals surface area contributed by atoms with Crippen LogP contribution in [-0.4, -0.2) is 18.0 Å². The molecule has 2 nitrogen and oxygen atoms in total. The zero-order valence-electron chi connectivity index (χ0n) is 9.87. The van der Waals surface area contributed by atoms with Crippen molar-refractivity contribution in [2.75, 3.05) is 0 Å². The SMILES string of the molecule is CC(C)C1CCCCC12CCC(C=O)O2. The Kier molecular flexibility index (Phi) is 3.15. The number of carbonyl (C=O) groups is 1. The zero-order chi connectivity index (χ0) is 10.9. The maximum atomic E-state index is 10.8. The molecule has 3 unspecified atom stereocenters. The highest BCUT2D eigenvalue weighted by atomic mass is 16.5. The summed E-state index contributed by atoms with van der Waals surface area (Å²) in [5.41, 5.74) is 0.0536. The molecule has 1 saturated carbocycles. The predicted octanol–water partition coefficient (Wildman–Crippen LogP) is 2.95. The summed E-state index contributed by atoms with van der Waals surface area (Å²) in [7, 11) is 0. The first-order valence-corrected chi connectivity index (χ1v) is 6.31. The third-order valence-electron chi connectivity index (χ3n) is 4.24. The van der Waals surface area contributed by atoms with Crippen LogP contribution in [0, 0.1) is 11.8 Å². The number of aldehydes is 1. The van der Waals surface area contributed by atoms with Gasteiger partial charge in [-0.1, -0.05) is 26.7 Å². The second-order valence-corrected chi connectivity index (χ2v) is 5.49. The van der Waals surface area contributed by atoms with Crippen molar-refractivity contribution < 1.29 is 9.53 Å². The molecule has 2 rings (SSSR count). The number of hydrogen-bond donors (Lipinski definition) is 0. The Hall–Kier alpha value is -0.370. The van der Waals surface area contributed by atoms with Crippen LogP contribution in [0.4, 0.5) is 0 Å². The molecule has 0 amide bonds. The number of rotatable bonds is 2. The molecule has 86 valence electrons. The van der Waals surface area contributed by atoms with Gasteiger partial charge in [-0.15, -0.1) is 0 Å². The Bertz CT molecular complexity index is 237. The van der Waals surface area contributed by atoms with Crippen molar-refractivity contribution in [2.45, 2.75) is 64.1 Å². The van der Waals surface area contributed by atoms with Crippen LogP contribution in [0.25, 0.3) is 0 Å². The summed E-state index contributed by atoms with van der Waals surface area (Å²) in [6.45, 7) is 4.57. The second-order valence-electron chi connectivity index (χ2n) is 5.49. The average Bonchev–Trinajstić information content (AvgIpc) is 2.62. The zero-order valence-corrected chi connectivity index (χ0v) is 9.87. The first-order chi connectivity index (χ1) is 7.18. The van der Waals surface area contributed by atoms with Crippen LogP contribution in [0.15, 0.2) is 0 Å². The van der Waals surface area contributed by atoms with Crippen LogP contribution >= 0.6 is 0 Å². The topological polar surface area (TPSA) is 26.3 Å². The summed E-state index contributed by atoms with van der Waals surface area (Å²) in [6.07, 6.45) is 7.95. The Morgan fingerprint density at radius 3 is 2.67 bits per heavy atom. The molecule has 0 bridgehead atoms. The lowest BCUT2D eigenvalue weighted by atomic mass is 9.69. The van der Waals surface area contributed by atoms with Crippen molar-refractivity contribution >= 4 is 6.29 Å². The minimum Gasteiger partial charge on any atom is -0.364 e. The molecular weight excluding hydrogens is 188 g/mol. The molecule has 0 radical (unpaired) electrons. The quantitative estimate of drug-likeness (QED) is 0.655. The fourth-order valence-electron chi connectivity index (χ4n) is 3.54. The fraction of sp³-hybridized carbons (Fsp3) is 0.923. The van der Waals surface area contributed by atoms with Crippen molar-refractivity contribution in [3.05, 3.63) is 0 Å². The molecule has 1 heterocycles. The predicted molar refractivity (Wildman–Crippen MR) is 59.7 cm³/mol. The summed E-state index contributed by atoms with van der Waals surface area (Å²) in [5, 5.41) is 0. The van der Waals surface area contributed by atoms with Crippen LogP contribution in [0.1, 0.15) is 52.4 Å². The van der Waals surface area contributed by atoms with Crippen molar-refractivity contribution in [3.63, 3.8) is 0 Å². The monoisotopic (exact) mass is 210 g/mol. The van der Waals surface area contributed by atoms with E-state index in [0.717, 1.165) is 19.1 Å². The highest BCUT2D eigenvalue weighted by molar-refractivity contribution is 5.56. The molecule has 3 atom stereocenters. The van der Waals surface area contributed by atoms with Gasteiger partial charge in [-0.05, 0) is 37.5 Å². The van der Waals surface area contributed by atoms with Crippen LogP contribution < -0.4 is 0 Å². The largest absolute Gasteiger partial charge is 0.364 e. The van der Waals surface area contributed by atoms with E-state index in [9.17, 15) is 4.79 Å². The van der Waals surface area contributed by atoms with Gasteiger partial charge in [0.05, 0.1) is 5.60 Å². The van der Waals surface area contributed by atoms with Gasteiger partial charge < -0.3 is 9.53 Å². The lowest BCUT2D eigenvalue weighted by molar-refractivity contribution is -0.136. The van der Waals surface area contributed by atoms with Gasteiger partial charge in [-0.2, -0.15) is 0 Å². The second kappa shape index (κ2) is 4.25. The van der Waals surface area contributed by atoms with Crippen molar-refractivity contribution in [3.8, 4) is 0 Å². The summed E-state index contributed by atoms with van der Waals surface area (Å²) < 4.78 is 6.04. The third-order valence-corrected chi connectivity index (χ3v) is 4.24. The van der Waals surface area contributed by atoms with Gasteiger partial charge in [0.25, 0.3) is 0 Å². The lowest BCUT2D eigenvalue weighted by Crippen LogP contribution is -2.43. The molecule has 2 heteroatoms. The van der Waals surface area contributed by atoms with Gasteiger partial charge in [0, 0.05) is 0 Å². The fourth-order valence-corrected chi connectivity index (χ4v) is 3.54. The van der Waals surface area contributed by atoms with E-state index in [2.05, 4.69) is 13.8 Å². The molecule has 0 aromatic carbocycles. The van der Waals surface area contributed by atoms with Gasteiger partial charge in [-0.3, -0.25) is 0 Å². The molecule has 1 saturated heterocycles. The minimum absolute atomic E-state index is 0.0536. The Morgan fingerprint density at radius 2 is 2.07 bits per heavy atom. The van der Waals surface area contributed by atoms with Crippen LogP contribution in [-0.2, 0) is 9.53 Å². The van der Waals surface area contributed by atoms with E-state index in [0.29, 0.717) is 11.8 Å². The highest BCUT2D eigenvalue weighted by Crippen LogP contribution is 2.48. The Labute approximate surface area is 92.4 Å². The summed E-state index contributed by atoms with van der Waals surface area (Å²) in [6, 6.07) is 0.